The molecule has 0 amide bonds. The summed E-state index contributed by atoms with van der Waals surface area (Å²) in [6.45, 7) is 5.09. The summed E-state index contributed by atoms with van der Waals surface area (Å²) in [5, 5.41) is 10.0. The van der Waals surface area contributed by atoms with Gasteiger partial charge in [-0.25, -0.2) is 4.79 Å². The largest absolute Gasteiger partial charge is 0.458 e. The second-order valence-corrected chi connectivity index (χ2v) is 7.15. The van der Waals surface area contributed by atoms with E-state index in [1.807, 2.05) is 0 Å². The van der Waals surface area contributed by atoms with Crippen LogP contribution in [0.2, 0.25) is 5.02 Å². The Morgan fingerprint density at radius 2 is 1.88 bits per heavy atom. The van der Waals surface area contributed by atoms with Gasteiger partial charge in [-0.1, -0.05) is 11.6 Å². The molecular weight excluding hydrogens is 347 g/mol. The number of carbonyl (C=O) groups is 1. The first kappa shape index (κ1) is 18.9. The molecule has 0 spiro atoms. The van der Waals surface area contributed by atoms with E-state index >= 15 is 0 Å². The van der Waals surface area contributed by atoms with E-state index in [0.717, 1.165) is 12.1 Å². The molecule has 134 valence electrons. The zero-order valence-electron chi connectivity index (χ0n) is 13.5. The van der Waals surface area contributed by atoms with Gasteiger partial charge in [-0.3, -0.25) is 0 Å². The highest BCUT2D eigenvalue weighted by Crippen LogP contribution is 2.38. The number of benzene rings is 1. The maximum Gasteiger partial charge on any atom is 0.416 e. The van der Waals surface area contributed by atoms with Gasteiger partial charge in [0.2, 0.25) is 0 Å². The molecule has 2 atom stereocenters. The molecule has 0 saturated carbocycles. The van der Waals surface area contributed by atoms with Gasteiger partial charge in [-0.2, -0.15) is 13.2 Å². The first-order chi connectivity index (χ1) is 10.9. The van der Waals surface area contributed by atoms with Gasteiger partial charge in [-0.15, -0.1) is 0 Å². The molecule has 2 rings (SSSR count). The van der Waals surface area contributed by atoms with Crippen LogP contribution in [0.1, 0.15) is 39.2 Å². The molecule has 1 N–H and O–H groups in total. The molecule has 1 aliphatic rings. The number of carbonyl (C=O) groups excluding carboxylic acids is 1. The number of anilines is 1. The number of halogens is 4. The van der Waals surface area contributed by atoms with Crippen LogP contribution in [0.3, 0.4) is 0 Å². The van der Waals surface area contributed by atoms with E-state index in [4.69, 9.17) is 16.3 Å². The van der Waals surface area contributed by atoms with Crippen LogP contribution in [0.15, 0.2) is 18.2 Å². The Hall–Kier alpha value is -1.47. The number of aliphatic hydroxyl groups is 1. The number of rotatable bonds is 2. The van der Waals surface area contributed by atoms with E-state index in [2.05, 4.69) is 0 Å². The first-order valence-corrected chi connectivity index (χ1v) is 7.83. The summed E-state index contributed by atoms with van der Waals surface area (Å²) >= 11 is 5.79. The Bertz CT molecular complexity index is 628. The standard InChI is InChI=1S/C16H19ClF3NO3/c1-15(2,3)24-14(23)12-4-5-13(22)21(12)11-7-9(16(18,19)20)6-10(17)8-11/h6-8,12-13,22H,4-5H2,1-3H3/t12-,13?/m1/s1. The van der Waals surface area contributed by atoms with E-state index < -0.39 is 35.6 Å². The Labute approximate surface area is 143 Å². The molecule has 0 radical (unpaired) electrons. The zero-order chi connectivity index (χ0) is 18.3. The topological polar surface area (TPSA) is 49.8 Å². The zero-order valence-corrected chi connectivity index (χ0v) is 14.3. The third-order valence-corrected chi connectivity index (χ3v) is 3.76. The number of aliphatic hydroxyl groups excluding tert-OH is 1. The van der Waals surface area contributed by atoms with Crippen LogP contribution < -0.4 is 4.90 Å². The lowest BCUT2D eigenvalue weighted by molar-refractivity contribution is -0.156. The van der Waals surface area contributed by atoms with Crippen LogP contribution in [0.4, 0.5) is 18.9 Å². The molecule has 24 heavy (non-hydrogen) atoms. The number of nitrogens with zero attached hydrogens (tertiary/aromatic N) is 1. The summed E-state index contributed by atoms with van der Waals surface area (Å²) in [6.07, 6.45) is -5.13. The van der Waals surface area contributed by atoms with Crippen LogP contribution in [-0.4, -0.2) is 28.9 Å². The van der Waals surface area contributed by atoms with Crippen molar-refractivity contribution in [3.05, 3.63) is 28.8 Å². The summed E-state index contributed by atoms with van der Waals surface area (Å²) < 4.78 is 44.2. The van der Waals surface area contributed by atoms with Gasteiger partial charge in [0.1, 0.15) is 17.9 Å². The fourth-order valence-corrected chi connectivity index (χ4v) is 2.86. The van der Waals surface area contributed by atoms with Crippen LogP contribution in [-0.2, 0) is 15.7 Å². The fraction of sp³-hybridized carbons (Fsp3) is 0.562. The molecule has 4 nitrogen and oxygen atoms in total. The van der Waals surface area contributed by atoms with Gasteiger partial charge in [-0.05, 0) is 51.8 Å². The Morgan fingerprint density at radius 3 is 2.42 bits per heavy atom. The van der Waals surface area contributed by atoms with Gasteiger partial charge in [0, 0.05) is 10.7 Å². The van der Waals surface area contributed by atoms with E-state index in [9.17, 15) is 23.1 Å². The number of hydrogen-bond acceptors (Lipinski definition) is 4. The molecule has 0 aromatic heterocycles. The summed E-state index contributed by atoms with van der Waals surface area (Å²) in [4.78, 5) is 13.6. The Balaban J connectivity index is 2.37. The quantitative estimate of drug-likeness (QED) is 0.805. The van der Waals surface area contributed by atoms with Crippen molar-refractivity contribution in [3.8, 4) is 0 Å². The molecular formula is C16H19ClF3NO3. The van der Waals surface area contributed by atoms with E-state index in [-0.39, 0.29) is 23.6 Å². The van der Waals surface area contributed by atoms with Gasteiger partial charge >= 0.3 is 12.1 Å². The predicted molar refractivity (Wildman–Crippen MR) is 83.8 cm³/mol. The van der Waals surface area contributed by atoms with Crippen molar-refractivity contribution in [1.29, 1.82) is 0 Å². The lowest BCUT2D eigenvalue weighted by Crippen LogP contribution is -2.44. The van der Waals surface area contributed by atoms with Crippen molar-refractivity contribution in [1.82, 2.24) is 0 Å². The maximum absolute atomic E-state index is 13.0. The highest BCUT2D eigenvalue weighted by molar-refractivity contribution is 6.31. The molecule has 1 saturated heterocycles. The number of hydrogen-bond donors (Lipinski definition) is 1. The monoisotopic (exact) mass is 365 g/mol. The van der Waals surface area contributed by atoms with E-state index in [1.54, 1.807) is 20.8 Å². The molecule has 0 bridgehead atoms. The van der Waals surface area contributed by atoms with Gasteiger partial charge in [0.25, 0.3) is 0 Å². The van der Waals surface area contributed by atoms with Crippen molar-refractivity contribution in [3.63, 3.8) is 0 Å². The predicted octanol–water partition coefficient (Wildman–Crippen LogP) is 3.99. The summed E-state index contributed by atoms with van der Waals surface area (Å²) in [6, 6.07) is 2.11. The third-order valence-electron chi connectivity index (χ3n) is 3.54. The number of ether oxygens (including phenoxy) is 1. The summed E-state index contributed by atoms with van der Waals surface area (Å²) in [5.74, 6) is -0.590. The van der Waals surface area contributed by atoms with Crippen LogP contribution in [0.25, 0.3) is 0 Å². The average molecular weight is 366 g/mol. The Morgan fingerprint density at radius 1 is 1.25 bits per heavy atom. The fourth-order valence-electron chi connectivity index (χ4n) is 2.63. The van der Waals surface area contributed by atoms with Crippen molar-refractivity contribution >= 4 is 23.3 Å². The van der Waals surface area contributed by atoms with Gasteiger partial charge in [0.15, 0.2) is 0 Å². The van der Waals surface area contributed by atoms with E-state index in [0.29, 0.717) is 0 Å². The van der Waals surface area contributed by atoms with E-state index in [1.165, 1.54) is 11.0 Å². The van der Waals surface area contributed by atoms with Crippen molar-refractivity contribution in [2.75, 3.05) is 4.90 Å². The molecule has 1 unspecified atom stereocenters. The summed E-state index contributed by atoms with van der Waals surface area (Å²) in [7, 11) is 0. The average Bonchev–Trinajstić information content (AvgIpc) is 2.77. The molecule has 1 heterocycles. The molecule has 1 aromatic carbocycles. The summed E-state index contributed by atoms with van der Waals surface area (Å²) in [5.41, 5.74) is -1.63. The minimum Gasteiger partial charge on any atom is -0.458 e. The minimum absolute atomic E-state index is 0.0377. The molecule has 1 aliphatic heterocycles. The molecule has 0 aliphatic carbocycles. The third kappa shape index (κ3) is 4.33. The van der Waals surface area contributed by atoms with Crippen molar-refractivity contribution in [2.45, 2.75) is 57.7 Å². The highest BCUT2D eigenvalue weighted by Gasteiger charge is 2.40. The second kappa shape index (κ2) is 6.44. The number of alkyl halides is 3. The number of esters is 1. The first-order valence-electron chi connectivity index (χ1n) is 7.45. The second-order valence-electron chi connectivity index (χ2n) is 6.71. The van der Waals surface area contributed by atoms with Crippen molar-refractivity contribution in [2.24, 2.45) is 0 Å². The van der Waals surface area contributed by atoms with Crippen molar-refractivity contribution < 1.29 is 27.8 Å². The van der Waals surface area contributed by atoms with Crippen LogP contribution >= 0.6 is 11.6 Å². The lowest BCUT2D eigenvalue weighted by atomic mass is 10.1. The lowest BCUT2D eigenvalue weighted by Gasteiger charge is -2.31. The normalized spacial score (nSPS) is 21.9. The Kier molecular flexibility index (Phi) is 5.06. The minimum atomic E-state index is -4.58. The van der Waals surface area contributed by atoms with Crippen LogP contribution in [0, 0.1) is 0 Å². The maximum atomic E-state index is 13.0. The smallest absolute Gasteiger partial charge is 0.416 e. The van der Waals surface area contributed by atoms with Gasteiger partial charge in [0.05, 0.1) is 5.56 Å². The van der Waals surface area contributed by atoms with Gasteiger partial charge < -0.3 is 14.7 Å². The molecule has 1 aromatic rings. The highest BCUT2D eigenvalue weighted by atomic mass is 35.5. The molecule has 1 fully saturated rings. The SMILES string of the molecule is CC(C)(C)OC(=O)[C@H]1CCC(O)N1c1cc(Cl)cc(C(F)(F)F)c1. The van der Waals surface area contributed by atoms with Crippen LogP contribution in [0.5, 0.6) is 0 Å². The molecule has 8 heteroatoms.